The maximum absolute atomic E-state index is 9.08. The first-order chi connectivity index (χ1) is 7.83. The lowest BCUT2D eigenvalue weighted by atomic mass is 10.2. The van der Waals surface area contributed by atoms with Crippen LogP contribution in [-0.4, -0.2) is 49.9 Å². The molecule has 5 heteroatoms. The van der Waals surface area contributed by atoms with Gasteiger partial charge in [-0.1, -0.05) is 20.3 Å². The molecule has 0 bridgehead atoms. The van der Waals surface area contributed by atoms with Crippen LogP contribution in [-0.2, 0) is 10.1 Å². The van der Waals surface area contributed by atoms with Crippen LogP contribution in [0.2, 0.25) is 0 Å². The van der Waals surface area contributed by atoms with E-state index in [0.29, 0.717) is 6.26 Å². The van der Waals surface area contributed by atoms with E-state index in [1.54, 1.807) is 0 Å². The molecule has 1 aliphatic rings. The zero-order chi connectivity index (χ0) is 13.4. The van der Waals surface area contributed by atoms with Crippen molar-refractivity contribution in [2.45, 2.75) is 46.0 Å². The number of quaternary nitrogens is 1. The number of unbranched alkanes of at least 4 members (excludes halogenated alkanes) is 1. The minimum atomic E-state index is -3.92. The molecule has 4 nitrogen and oxygen atoms in total. The molecule has 1 heterocycles. The summed E-state index contributed by atoms with van der Waals surface area (Å²) in [4.78, 5) is 0. The molecule has 0 aliphatic carbocycles. The third kappa shape index (κ3) is 9.56. The fourth-order valence-corrected chi connectivity index (χ4v) is 2.53. The summed E-state index contributed by atoms with van der Waals surface area (Å²) in [6.07, 6.45) is 7.72. The summed E-state index contributed by atoms with van der Waals surface area (Å²) < 4.78 is 28.7. The van der Waals surface area contributed by atoms with E-state index in [-0.39, 0.29) is 0 Å². The highest BCUT2D eigenvalue weighted by atomic mass is 32.2. The number of likely N-dealkylation sites (tertiary alicyclic amines) is 1. The van der Waals surface area contributed by atoms with Crippen molar-refractivity contribution >= 4 is 10.1 Å². The lowest BCUT2D eigenvalue weighted by Gasteiger charge is -2.34. The molecule has 0 amide bonds. The van der Waals surface area contributed by atoms with Crippen molar-refractivity contribution < 1.29 is 17.5 Å². The molecule has 0 radical (unpaired) electrons. The van der Waals surface area contributed by atoms with Gasteiger partial charge < -0.3 is 9.04 Å². The van der Waals surface area contributed by atoms with E-state index in [4.69, 9.17) is 13.0 Å². The van der Waals surface area contributed by atoms with Crippen molar-refractivity contribution in [2.24, 2.45) is 0 Å². The maximum Gasteiger partial charge on any atom is 0.0916 e. The van der Waals surface area contributed by atoms with Crippen molar-refractivity contribution in [3.63, 3.8) is 0 Å². The third-order valence-electron chi connectivity index (χ3n) is 3.20. The Morgan fingerprint density at radius 1 is 1.06 bits per heavy atom. The Morgan fingerprint density at radius 2 is 1.53 bits per heavy atom. The van der Waals surface area contributed by atoms with E-state index in [2.05, 4.69) is 13.8 Å². The van der Waals surface area contributed by atoms with Crippen LogP contribution >= 0.6 is 0 Å². The van der Waals surface area contributed by atoms with Crippen LogP contribution in [0.25, 0.3) is 0 Å². The zero-order valence-electron chi connectivity index (χ0n) is 11.4. The average molecular weight is 265 g/mol. The lowest BCUT2D eigenvalue weighted by molar-refractivity contribution is -0.917. The van der Waals surface area contributed by atoms with E-state index in [0.717, 1.165) is 0 Å². The molecule has 0 aromatic rings. The topological polar surface area (TPSA) is 57.2 Å². The second-order valence-corrected chi connectivity index (χ2v) is 6.41. The molecule has 17 heavy (non-hydrogen) atoms. The molecular formula is C12H27NO3S. The first kappa shape index (κ1) is 16.9. The standard InChI is InChI=1S/C11H24N.CH4O3S/c1-3-5-9-12(8-4-2)10-6-7-11-12;1-5(2,3)4/h3-11H2,1-2H3;1H3,(H,2,3,4)/q+1;/p-1. The predicted octanol–water partition coefficient (Wildman–Crippen LogP) is 1.97. The minimum absolute atomic E-state index is 0.604. The lowest BCUT2D eigenvalue weighted by Crippen LogP contribution is -2.46. The highest BCUT2D eigenvalue weighted by Crippen LogP contribution is 2.20. The van der Waals surface area contributed by atoms with Crippen molar-refractivity contribution in [1.82, 2.24) is 0 Å². The molecule has 1 fully saturated rings. The van der Waals surface area contributed by atoms with Crippen molar-refractivity contribution in [2.75, 3.05) is 32.4 Å². The maximum atomic E-state index is 9.08. The van der Waals surface area contributed by atoms with Gasteiger partial charge in [-0.3, -0.25) is 0 Å². The summed E-state index contributed by atoms with van der Waals surface area (Å²) in [7, 11) is -3.92. The fraction of sp³-hybridized carbons (Fsp3) is 1.00. The van der Waals surface area contributed by atoms with Crippen LogP contribution in [0.4, 0.5) is 0 Å². The molecule has 1 rings (SSSR count). The van der Waals surface area contributed by atoms with Crippen molar-refractivity contribution in [1.29, 1.82) is 0 Å². The summed E-state index contributed by atoms with van der Waals surface area (Å²) in [6, 6.07) is 0. The van der Waals surface area contributed by atoms with E-state index >= 15 is 0 Å². The molecule has 0 saturated carbocycles. The summed E-state index contributed by atoms with van der Waals surface area (Å²) in [5.41, 5.74) is 0. The van der Waals surface area contributed by atoms with Gasteiger partial charge in [0, 0.05) is 19.1 Å². The van der Waals surface area contributed by atoms with Crippen LogP contribution in [0.1, 0.15) is 46.0 Å². The Morgan fingerprint density at radius 3 is 1.88 bits per heavy atom. The van der Waals surface area contributed by atoms with Crippen LogP contribution in [0.5, 0.6) is 0 Å². The van der Waals surface area contributed by atoms with E-state index < -0.39 is 10.1 Å². The van der Waals surface area contributed by atoms with Crippen LogP contribution in [0.3, 0.4) is 0 Å². The molecule has 0 N–H and O–H groups in total. The van der Waals surface area contributed by atoms with Crippen molar-refractivity contribution in [3.8, 4) is 0 Å². The van der Waals surface area contributed by atoms with Crippen molar-refractivity contribution in [3.05, 3.63) is 0 Å². The minimum Gasteiger partial charge on any atom is -0.748 e. The molecule has 1 aliphatic heterocycles. The first-order valence-electron chi connectivity index (χ1n) is 6.59. The molecule has 0 aromatic carbocycles. The van der Waals surface area contributed by atoms with Gasteiger partial charge in [-0.25, -0.2) is 8.42 Å². The molecular weight excluding hydrogens is 238 g/mol. The number of hydrogen-bond acceptors (Lipinski definition) is 3. The Hall–Kier alpha value is -0.130. The Bertz CT molecular complexity index is 274. The molecule has 0 spiro atoms. The molecule has 104 valence electrons. The van der Waals surface area contributed by atoms with Crippen LogP contribution in [0, 0.1) is 0 Å². The van der Waals surface area contributed by atoms with E-state index in [9.17, 15) is 0 Å². The van der Waals surface area contributed by atoms with Gasteiger partial charge in [-0.05, 0) is 12.8 Å². The van der Waals surface area contributed by atoms with Gasteiger partial charge in [0.1, 0.15) is 0 Å². The second kappa shape index (κ2) is 8.06. The Balaban J connectivity index is 0.000000437. The van der Waals surface area contributed by atoms with Crippen LogP contribution < -0.4 is 0 Å². The fourth-order valence-electron chi connectivity index (χ4n) is 2.53. The highest BCUT2D eigenvalue weighted by molar-refractivity contribution is 7.84. The van der Waals surface area contributed by atoms with E-state index in [1.807, 2.05) is 0 Å². The molecule has 1 saturated heterocycles. The Kier molecular flexibility index (Phi) is 8.00. The average Bonchev–Trinajstić information content (AvgIpc) is 2.62. The zero-order valence-corrected chi connectivity index (χ0v) is 12.3. The van der Waals surface area contributed by atoms with Gasteiger partial charge in [0.25, 0.3) is 0 Å². The highest BCUT2D eigenvalue weighted by Gasteiger charge is 2.29. The smallest absolute Gasteiger partial charge is 0.0916 e. The second-order valence-electron chi connectivity index (χ2n) is 5.00. The van der Waals surface area contributed by atoms with Gasteiger partial charge in [0.05, 0.1) is 36.3 Å². The first-order valence-corrected chi connectivity index (χ1v) is 8.40. The van der Waals surface area contributed by atoms with Gasteiger partial charge in [-0.15, -0.1) is 0 Å². The summed E-state index contributed by atoms with van der Waals surface area (Å²) in [5, 5.41) is 0. The number of nitrogens with zero attached hydrogens (tertiary/aromatic N) is 1. The molecule has 0 unspecified atom stereocenters. The van der Waals surface area contributed by atoms with Crippen LogP contribution in [0.15, 0.2) is 0 Å². The summed E-state index contributed by atoms with van der Waals surface area (Å²) in [5.74, 6) is 0. The Labute approximate surface area is 106 Å². The van der Waals surface area contributed by atoms with E-state index in [1.165, 1.54) is 62.8 Å². The SMILES string of the molecule is CCCC[N+]1(CCC)CCCC1.CS(=O)(=O)[O-]. The molecule has 0 atom stereocenters. The monoisotopic (exact) mass is 265 g/mol. The van der Waals surface area contributed by atoms with Gasteiger partial charge in [-0.2, -0.15) is 0 Å². The van der Waals surface area contributed by atoms with Gasteiger partial charge in [0.15, 0.2) is 0 Å². The number of hydrogen-bond donors (Lipinski definition) is 0. The summed E-state index contributed by atoms with van der Waals surface area (Å²) >= 11 is 0. The third-order valence-corrected chi connectivity index (χ3v) is 3.20. The van der Waals surface area contributed by atoms with Gasteiger partial charge >= 0.3 is 0 Å². The quantitative estimate of drug-likeness (QED) is 0.564. The molecule has 0 aromatic heterocycles. The number of rotatable bonds is 5. The van der Waals surface area contributed by atoms with Gasteiger partial charge in [0.2, 0.25) is 0 Å². The summed E-state index contributed by atoms with van der Waals surface area (Å²) in [6.45, 7) is 10.4. The normalized spacial score (nSPS) is 18.6. The largest absolute Gasteiger partial charge is 0.748 e. The predicted molar refractivity (Wildman–Crippen MR) is 69.8 cm³/mol.